The van der Waals surface area contributed by atoms with Crippen LogP contribution >= 0.6 is 0 Å². The van der Waals surface area contributed by atoms with Crippen LogP contribution in [-0.2, 0) is 16.0 Å². The minimum absolute atomic E-state index is 0.241. The molecule has 0 heterocycles. The molecule has 0 aromatic heterocycles. The van der Waals surface area contributed by atoms with Crippen molar-refractivity contribution < 1.29 is 9.53 Å². The topological polar surface area (TPSA) is 29.5 Å². The Hall–Kier alpha value is -1.61. The summed E-state index contributed by atoms with van der Waals surface area (Å²) in [6.07, 6.45) is 0.287. The average Bonchev–Trinajstić information content (AvgIpc) is 2.29. The Labute approximate surface area is 103 Å². The maximum absolute atomic E-state index is 11.7. The molecule has 0 bridgehead atoms. The van der Waals surface area contributed by atoms with Crippen LogP contribution in [0.3, 0.4) is 0 Å². The van der Waals surface area contributed by atoms with E-state index in [0.717, 1.165) is 5.56 Å². The van der Waals surface area contributed by atoms with Gasteiger partial charge in [-0.05, 0) is 26.6 Å². The molecule has 1 unspecified atom stereocenters. The number of esters is 1. The van der Waals surface area contributed by atoms with Crippen molar-refractivity contribution in [3.63, 3.8) is 0 Å². The number of carbonyl (C=O) groups excluding carboxylic acids is 1. The van der Waals surface area contributed by atoms with Crippen LogP contribution in [0, 0.1) is 0 Å². The molecule has 0 fully saturated rings. The lowest BCUT2D eigenvalue weighted by molar-refractivity contribution is -0.150. The molecule has 0 aliphatic carbocycles. The molecule has 1 atom stereocenters. The highest BCUT2D eigenvalue weighted by Crippen LogP contribution is 2.09. The van der Waals surface area contributed by atoms with E-state index in [1.807, 2.05) is 56.3 Å². The van der Waals surface area contributed by atoms with Crippen molar-refractivity contribution in [1.82, 2.24) is 4.90 Å². The van der Waals surface area contributed by atoms with Gasteiger partial charge in [0.25, 0.3) is 0 Å². The Balaban J connectivity index is 2.51. The van der Waals surface area contributed by atoms with Crippen molar-refractivity contribution in [3.05, 3.63) is 48.0 Å². The van der Waals surface area contributed by atoms with Crippen LogP contribution in [0.2, 0.25) is 0 Å². The van der Waals surface area contributed by atoms with Gasteiger partial charge >= 0.3 is 5.97 Å². The largest absolute Gasteiger partial charge is 0.443 e. The predicted octanol–water partition coefficient (Wildman–Crippen LogP) is 2.24. The van der Waals surface area contributed by atoms with E-state index in [1.54, 1.807) is 0 Å². The molecule has 3 heteroatoms. The second-order valence-electron chi connectivity index (χ2n) is 4.23. The van der Waals surface area contributed by atoms with Gasteiger partial charge in [-0.3, -0.25) is 4.90 Å². The van der Waals surface area contributed by atoms with Gasteiger partial charge in [0.2, 0.25) is 0 Å². The molecule has 0 spiro atoms. The third kappa shape index (κ3) is 4.41. The van der Waals surface area contributed by atoms with Crippen molar-refractivity contribution >= 4 is 5.97 Å². The molecule has 0 amide bonds. The maximum atomic E-state index is 11.7. The first-order chi connectivity index (χ1) is 8.00. The summed E-state index contributed by atoms with van der Waals surface area (Å²) < 4.78 is 5.23. The van der Waals surface area contributed by atoms with Gasteiger partial charge < -0.3 is 4.74 Å². The van der Waals surface area contributed by atoms with Crippen molar-refractivity contribution in [3.8, 4) is 0 Å². The van der Waals surface area contributed by atoms with Gasteiger partial charge in [0.05, 0.1) is 0 Å². The number of ether oxygens (including phenoxy) is 1. The van der Waals surface area contributed by atoms with Crippen LogP contribution in [0.4, 0.5) is 0 Å². The zero-order valence-corrected chi connectivity index (χ0v) is 10.6. The average molecular weight is 233 g/mol. The number of benzene rings is 1. The molecule has 0 aliphatic rings. The molecule has 0 aliphatic heterocycles. The molecule has 1 aromatic rings. The first-order valence-corrected chi connectivity index (χ1v) is 5.60. The number of rotatable bonds is 5. The molecule has 92 valence electrons. The molecular weight excluding hydrogens is 214 g/mol. The summed E-state index contributed by atoms with van der Waals surface area (Å²) in [5.41, 5.74) is 1.54. The van der Waals surface area contributed by atoms with Crippen LogP contribution in [-0.4, -0.2) is 31.2 Å². The van der Waals surface area contributed by atoms with Crippen molar-refractivity contribution in [1.29, 1.82) is 0 Å². The Bertz CT molecular complexity index is 384. The fraction of sp³-hybridized carbons (Fsp3) is 0.357. The van der Waals surface area contributed by atoms with Gasteiger partial charge in [-0.25, -0.2) is 4.79 Å². The van der Waals surface area contributed by atoms with E-state index in [0.29, 0.717) is 12.0 Å². The molecule has 0 saturated carbocycles. The highest BCUT2D eigenvalue weighted by Gasteiger charge is 2.14. The standard InChI is InChI=1S/C14H19NO2/c1-11(10-13-8-6-5-7-9-13)14(16)17-12(2)15(3)4/h5-9,12H,1,10H2,2-4H3. The van der Waals surface area contributed by atoms with Crippen LogP contribution in [0.1, 0.15) is 12.5 Å². The van der Waals surface area contributed by atoms with E-state index < -0.39 is 0 Å². The fourth-order valence-corrected chi connectivity index (χ4v) is 1.26. The smallest absolute Gasteiger partial charge is 0.335 e. The van der Waals surface area contributed by atoms with E-state index in [4.69, 9.17) is 4.74 Å². The number of hydrogen-bond donors (Lipinski definition) is 0. The van der Waals surface area contributed by atoms with Crippen LogP contribution in [0.5, 0.6) is 0 Å². The van der Waals surface area contributed by atoms with Crippen LogP contribution in [0.15, 0.2) is 42.5 Å². The van der Waals surface area contributed by atoms with Gasteiger partial charge in [-0.1, -0.05) is 36.9 Å². The Morgan fingerprint density at radius 3 is 2.47 bits per heavy atom. The summed E-state index contributed by atoms with van der Waals surface area (Å²) in [5, 5.41) is 0. The monoisotopic (exact) mass is 233 g/mol. The zero-order valence-electron chi connectivity index (χ0n) is 10.6. The Kier molecular flexibility index (Phi) is 4.91. The summed E-state index contributed by atoms with van der Waals surface area (Å²) in [5.74, 6) is -0.338. The second-order valence-corrected chi connectivity index (χ2v) is 4.23. The SMILES string of the molecule is C=C(Cc1ccccc1)C(=O)OC(C)N(C)C. The molecular formula is C14H19NO2. The third-order valence-electron chi connectivity index (χ3n) is 2.55. The molecule has 0 radical (unpaired) electrons. The summed E-state index contributed by atoms with van der Waals surface area (Å²) in [7, 11) is 3.72. The zero-order chi connectivity index (χ0) is 12.8. The van der Waals surface area contributed by atoms with Gasteiger partial charge in [-0.15, -0.1) is 0 Å². The lowest BCUT2D eigenvalue weighted by Crippen LogP contribution is -2.30. The second kappa shape index (κ2) is 6.21. The summed E-state index contributed by atoms with van der Waals surface area (Å²) in [4.78, 5) is 13.5. The third-order valence-corrected chi connectivity index (χ3v) is 2.55. The van der Waals surface area contributed by atoms with E-state index in [2.05, 4.69) is 6.58 Å². The van der Waals surface area contributed by atoms with Gasteiger partial charge in [0, 0.05) is 12.0 Å². The summed E-state index contributed by atoms with van der Waals surface area (Å²) in [6, 6.07) is 9.76. The van der Waals surface area contributed by atoms with Crippen molar-refractivity contribution in [2.24, 2.45) is 0 Å². The lowest BCUT2D eigenvalue weighted by atomic mass is 10.1. The minimum atomic E-state index is -0.338. The van der Waals surface area contributed by atoms with Crippen molar-refractivity contribution in [2.75, 3.05) is 14.1 Å². The van der Waals surface area contributed by atoms with E-state index in [-0.39, 0.29) is 12.2 Å². The first-order valence-electron chi connectivity index (χ1n) is 5.60. The van der Waals surface area contributed by atoms with Crippen LogP contribution in [0.25, 0.3) is 0 Å². The van der Waals surface area contributed by atoms with E-state index in [9.17, 15) is 4.79 Å². The normalized spacial score (nSPS) is 12.2. The van der Waals surface area contributed by atoms with Gasteiger partial charge in [0.1, 0.15) is 0 Å². The van der Waals surface area contributed by atoms with E-state index >= 15 is 0 Å². The Morgan fingerprint density at radius 1 is 1.35 bits per heavy atom. The number of hydrogen-bond acceptors (Lipinski definition) is 3. The van der Waals surface area contributed by atoms with E-state index in [1.165, 1.54) is 0 Å². The highest BCUT2D eigenvalue weighted by molar-refractivity contribution is 5.88. The summed E-state index contributed by atoms with van der Waals surface area (Å²) >= 11 is 0. The van der Waals surface area contributed by atoms with Crippen molar-refractivity contribution in [2.45, 2.75) is 19.6 Å². The number of carbonyl (C=O) groups is 1. The first kappa shape index (κ1) is 13.5. The minimum Gasteiger partial charge on any atom is -0.443 e. The van der Waals surface area contributed by atoms with Gasteiger partial charge in [0.15, 0.2) is 6.23 Å². The van der Waals surface area contributed by atoms with Crippen LogP contribution < -0.4 is 0 Å². The Morgan fingerprint density at radius 2 is 1.94 bits per heavy atom. The number of nitrogens with zero attached hydrogens (tertiary/aromatic N) is 1. The fourth-order valence-electron chi connectivity index (χ4n) is 1.26. The molecule has 17 heavy (non-hydrogen) atoms. The molecule has 0 N–H and O–H groups in total. The molecule has 0 saturated heterocycles. The van der Waals surface area contributed by atoms with Gasteiger partial charge in [-0.2, -0.15) is 0 Å². The molecule has 1 aromatic carbocycles. The summed E-state index contributed by atoms with van der Waals surface area (Å²) in [6.45, 7) is 5.60. The quantitative estimate of drug-likeness (QED) is 0.444. The maximum Gasteiger partial charge on any atom is 0.335 e. The molecule has 1 rings (SSSR count). The predicted molar refractivity (Wildman–Crippen MR) is 68.5 cm³/mol. The highest BCUT2D eigenvalue weighted by atomic mass is 16.6. The lowest BCUT2D eigenvalue weighted by Gasteiger charge is -2.20. The molecule has 3 nitrogen and oxygen atoms in total.